The van der Waals surface area contributed by atoms with Crippen molar-refractivity contribution in [2.24, 2.45) is 0 Å². The Kier molecular flexibility index (Phi) is 6.22. The first-order valence-corrected chi connectivity index (χ1v) is 11.6. The van der Waals surface area contributed by atoms with Crippen molar-refractivity contribution in [2.75, 3.05) is 6.26 Å². The Bertz CT molecular complexity index is 1110. The SMILES string of the molecule is CSc1nc2nc(C)c(CC(=O)NC(Cc3ccccc3)C(=O)NC3CC3)c(C)n2n1. The number of carbonyl (C=O) groups is 2. The summed E-state index contributed by atoms with van der Waals surface area (Å²) in [4.78, 5) is 34.6. The second-order valence-electron chi connectivity index (χ2n) is 7.84. The van der Waals surface area contributed by atoms with Gasteiger partial charge >= 0.3 is 0 Å². The predicted molar refractivity (Wildman–Crippen MR) is 119 cm³/mol. The average molecular weight is 439 g/mol. The van der Waals surface area contributed by atoms with Gasteiger partial charge in [0.25, 0.3) is 5.78 Å². The molecule has 0 spiro atoms. The molecule has 1 fully saturated rings. The summed E-state index contributed by atoms with van der Waals surface area (Å²) < 4.78 is 1.67. The van der Waals surface area contributed by atoms with Crippen molar-refractivity contribution < 1.29 is 9.59 Å². The molecule has 9 heteroatoms. The molecule has 1 aromatic carbocycles. The van der Waals surface area contributed by atoms with E-state index in [0.29, 0.717) is 17.4 Å². The fraction of sp³-hybridized carbons (Fsp3) is 0.409. The number of hydrogen-bond donors (Lipinski definition) is 2. The van der Waals surface area contributed by atoms with Gasteiger partial charge in [-0.1, -0.05) is 42.1 Å². The molecule has 1 saturated carbocycles. The number of rotatable bonds is 8. The summed E-state index contributed by atoms with van der Waals surface area (Å²) in [5, 5.41) is 11.0. The number of nitrogens with one attached hydrogen (secondary N) is 2. The van der Waals surface area contributed by atoms with Crippen LogP contribution in [0.15, 0.2) is 35.5 Å². The van der Waals surface area contributed by atoms with Crippen LogP contribution in [0, 0.1) is 13.8 Å². The van der Waals surface area contributed by atoms with Gasteiger partial charge in [-0.3, -0.25) is 9.59 Å². The Balaban J connectivity index is 1.52. The first kappa shape index (κ1) is 21.3. The van der Waals surface area contributed by atoms with Gasteiger partial charge in [-0.25, -0.2) is 9.50 Å². The molecule has 8 nitrogen and oxygen atoms in total. The molecule has 2 heterocycles. The second kappa shape index (κ2) is 9.05. The van der Waals surface area contributed by atoms with E-state index in [2.05, 4.69) is 25.7 Å². The van der Waals surface area contributed by atoms with E-state index in [4.69, 9.17) is 0 Å². The lowest BCUT2D eigenvalue weighted by Gasteiger charge is -2.19. The van der Waals surface area contributed by atoms with Gasteiger partial charge in [-0.15, -0.1) is 5.10 Å². The number of fused-ring (bicyclic) bond motifs is 1. The van der Waals surface area contributed by atoms with Crippen LogP contribution in [0.2, 0.25) is 0 Å². The number of nitrogens with zero attached hydrogens (tertiary/aromatic N) is 4. The van der Waals surface area contributed by atoms with Gasteiger partial charge in [0.05, 0.1) is 6.42 Å². The standard InChI is InChI=1S/C22H26N6O2S/c1-13-17(14(2)28-21(23-13)26-22(27-28)31-3)12-19(29)25-18(20(30)24-16-9-10-16)11-15-7-5-4-6-8-15/h4-8,16,18H,9-12H2,1-3H3,(H,24,30)(H,25,29). The van der Waals surface area contributed by atoms with Crippen molar-refractivity contribution in [2.45, 2.75) is 56.8 Å². The van der Waals surface area contributed by atoms with Crippen LogP contribution in [0.3, 0.4) is 0 Å². The van der Waals surface area contributed by atoms with E-state index in [0.717, 1.165) is 35.4 Å². The summed E-state index contributed by atoms with van der Waals surface area (Å²) >= 11 is 1.44. The minimum Gasteiger partial charge on any atom is -0.352 e. The number of aromatic nitrogens is 4. The van der Waals surface area contributed by atoms with E-state index in [9.17, 15) is 9.59 Å². The number of aryl methyl sites for hydroxylation is 2. The number of hydrogen-bond acceptors (Lipinski definition) is 6. The number of benzene rings is 1. The molecule has 3 aromatic rings. The zero-order chi connectivity index (χ0) is 22.0. The minimum absolute atomic E-state index is 0.122. The molecule has 1 unspecified atom stereocenters. The van der Waals surface area contributed by atoms with Crippen LogP contribution in [-0.4, -0.2) is 49.7 Å². The summed E-state index contributed by atoms with van der Waals surface area (Å²) in [6, 6.07) is 9.33. The van der Waals surface area contributed by atoms with E-state index < -0.39 is 6.04 Å². The highest BCUT2D eigenvalue weighted by atomic mass is 32.2. The Hall–Kier alpha value is -2.94. The Morgan fingerprint density at radius 3 is 2.61 bits per heavy atom. The van der Waals surface area contributed by atoms with Crippen molar-refractivity contribution >= 4 is 29.4 Å². The van der Waals surface area contributed by atoms with Crippen LogP contribution >= 0.6 is 11.8 Å². The molecule has 0 radical (unpaired) electrons. The third-order valence-corrected chi connectivity index (χ3v) is 5.95. The molecule has 2 aromatic heterocycles. The zero-order valence-electron chi connectivity index (χ0n) is 17.9. The molecule has 0 bridgehead atoms. The maximum atomic E-state index is 13.0. The van der Waals surface area contributed by atoms with E-state index in [1.807, 2.05) is 50.4 Å². The van der Waals surface area contributed by atoms with E-state index in [-0.39, 0.29) is 24.3 Å². The topological polar surface area (TPSA) is 101 Å². The van der Waals surface area contributed by atoms with Crippen molar-refractivity contribution in [1.29, 1.82) is 0 Å². The first-order valence-electron chi connectivity index (χ1n) is 10.3. The number of thioether (sulfide) groups is 1. The lowest BCUT2D eigenvalue weighted by atomic mass is 10.0. The van der Waals surface area contributed by atoms with Gasteiger partial charge in [-0.05, 0) is 38.5 Å². The molecular formula is C22H26N6O2S. The van der Waals surface area contributed by atoms with Crippen LogP contribution in [-0.2, 0) is 22.4 Å². The van der Waals surface area contributed by atoms with E-state index in [1.54, 1.807) is 4.52 Å². The number of carbonyl (C=O) groups excluding carboxylic acids is 2. The van der Waals surface area contributed by atoms with Crippen molar-refractivity contribution in [3.63, 3.8) is 0 Å². The minimum atomic E-state index is -0.623. The smallest absolute Gasteiger partial charge is 0.253 e. The van der Waals surface area contributed by atoms with Crippen molar-refractivity contribution in [3.8, 4) is 0 Å². The molecule has 0 aliphatic heterocycles. The summed E-state index contributed by atoms with van der Waals surface area (Å²) in [6.45, 7) is 3.77. The van der Waals surface area contributed by atoms with Crippen LogP contribution in [0.1, 0.15) is 35.4 Å². The summed E-state index contributed by atoms with van der Waals surface area (Å²) in [6.07, 6.45) is 4.47. The lowest BCUT2D eigenvalue weighted by Crippen LogP contribution is -2.49. The van der Waals surface area contributed by atoms with Gasteiger partial charge in [0.15, 0.2) is 0 Å². The molecule has 4 rings (SSSR count). The number of amides is 2. The summed E-state index contributed by atoms with van der Waals surface area (Å²) in [5.41, 5.74) is 3.36. The van der Waals surface area contributed by atoms with Gasteiger partial charge in [-0.2, -0.15) is 4.98 Å². The molecule has 0 saturated heterocycles. The Labute approximate surface area is 185 Å². The largest absolute Gasteiger partial charge is 0.352 e. The highest BCUT2D eigenvalue weighted by molar-refractivity contribution is 7.98. The van der Waals surface area contributed by atoms with E-state index >= 15 is 0 Å². The molecule has 1 atom stereocenters. The molecule has 1 aliphatic carbocycles. The van der Waals surface area contributed by atoms with Crippen LogP contribution < -0.4 is 10.6 Å². The molecular weight excluding hydrogens is 412 g/mol. The first-order chi connectivity index (χ1) is 14.9. The molecule has 1 aliphatic rings. The summed E-state index contributed by atoms with van der Waals surface area (Å²) in [7, 11) is 0. The van der Waals surface area contributed by atoms with Crippen molar-refractivity contribution in [3.05, 3.63) is 52.8 Å². The maximum Gasteiger partial charge on any atom is 0.253 e. The highest BCUT2D eigenvalue weighted by Gasteiger charge is 2.29. The fourth-order valence-corrected chi connectivity index (χ4v) is 3.86. The lowest BCUT2D eigenvalue weighted by molar-refractivity contribution is -0.128. The van der Waals surface area contributed by atoms with Crippen LogP contribution in [0.4, 0.5) is 0 Å². The highest BCUT2D eigenvalue weighted by Crippen LogP contribution is 2.20. The normalized spacial score (nSPS) is 14.4. The van der Waals surface area contributed by atoms with Gasteiger partial charge in [0.2, 0.25) is 17.0 Å². The fourth-order valence-electron chi connectivity index (χ4n) is 3.53. The maximum absolute atomic E-state index is 13.0. The van der Waals surface area contributed by atoms with Gasteiger partial charge < -0.3 is 10.6 Å². The van der Waals surface area contributed by atoms with E-state index in [1.165, 1.54) is 11.8 Å². The Morgan fingerprint density at radius 2 is 1.94 bits per heavy atom. The third kappa shape index (κ3) is 5.04. The van der Waals surface area contributed by atoms with Gasteiger partial charge in [0.1, 0.15) is 6.04 Å². The molecule has 162 valence electrons. The predicted octanol–water partition coefficient (Wildman–Crippen LogP) is 2.01. The van der Waals surface area contributed by atoms with Crippen LogP contribution in [0.25, 0.3) is 5.78 Å². The zero-order valence-corrected chi connectivity index (χ0v) is 18.7. The molecule has 31 heavy (non-hydrogen) atoms. The second-order valence-corrected chi connectivity index (χ2v) is 8.61. The monoisotopic (exact) mass is 438 g/mol. The third-order valence-electron chi connectivity index (χ3n) is 5.41. The molecule has 2 amide bonds. The summed E-state index contributed by atoms with van der Waals surface area (Å²) in [5.74, 6) is 0.168. The van der Waals surface area contributed by atoms with Gasteiger partial charge in [0, 0.05) is 29.4 Å². The molecule has 2 N–H and O–H groups in total. The van der Waals surface area contributed by atoms with Crippen molar-refractivity contribution in [1.82, 2.24) is 30.2 Å². The average Bonchev–Trinajstić information content (AvgIpc) is 3.47. The quantitative estimate of drug-likeness (QED) is 0.522. The Morgan fingerprint density at radius 1 is 1.19 bits per heavy atom. The van der Waals surface area contributed by atoms with Crippen LogP contribution in [0.5, 0.6) is 0 Å².